The van der Waals surface area contributed by atoms with Crippen LogP contribution in [0.4, 0.5) is 4.39 Å². The van der Waals surface area contributed by atoms with Crippen molar-refractivity contribution < 1.29 is 13.9 Å². The van der Waals surface area contributed by atoms with Crippen LogP contribution in [0.15, 0.2) is 36.4 Å². The van der Waals surface area contributed by atoms with Crippen molar-refractivity contribution in [1.29, 1.82) is 0 Å². The van der Waals surface area contributed by atoms with Gasteiger partial charge in [-0.3, -0.25) is 5.32 Å². The Morgan fingerprint density at radius 1 is 1.22 bits per heavy atom. The third kappa shape index (κ3) is 5.46. The SMILES string of the molecule is CC(C)Cc1ccc(-c2nnc(-c3cc(F)c(OCC4COC(C)(C)N4)cc3Cl)s2)cc1. The molecule has 3 aromatic rings. The maximum absolute atomic E-state index is 14.7. The summed E-state index contributed by atoms with van der Waals surface area (Å²) in [5, 5.41) is 13.5. The maximum Gasteiger partial charge on any atom is 0.165 e. The largest absolute Gasteiger partial charge is 0.489 e. The van der Waals surface area contributed by atoms with Crippen LogP contribution in [0.2, 0.25) is 5.02 Å². The number of nitrogens with zero attached hydrogens (tertiary/aromatic N) is 2. The van der Waals surface area contributed by atoms with Crippen molar-refractivity contribution in [3.63, 3.8) is 0 Å². The quantitative estimate of drug-likeness (QED) is 0.456. The Hall–Kier alpha value is -2.06. The van der Waals surface area contributed by atoms with Crippen LogP contribution in [-0.2, 0) is 11.2 Å². The third-order valence-electron chi connectivity index (χ3n) is 5.16. The number of benzene rings is 2. The Bertz CT molecular complexity index is 1090. The van der Waals surface area contributed by atoms with Gasteiger partial charge in [0.25, 0.3) is 0 Å². The minimum atomic E-state index is -0.489. The molecule has 0 bridgehead atoms. The van der Waals surface area contributed by atoms with Gasteiger partial charge >= 0.3 is 0 Å². The fraction of sp³-hybridized carbons (Fsp3) is 0.417. The summed E-state index contributed by atoms with van der Waals surface area (Å²) in [6, 6.07) is 11.2. The molecule has 4 rings (SSSR count). The monoisotopic (exact) mass is 475 g/mol. The summed E-state index contributed by atoms with van der Waals surface area (Å²) in [6.45, 7) is 9.07. The minimum Gasteiger partial charge on any atom is -0.489 e. The topological polar surface area (TPSA) is 56.3 Å². The molecule has 0 radical (unpaired) electrons. The number of ether oxygens (including phenoxy) is 2. The molecule has 1 fully saturated rings. The summed E-state index contributed by atoms with van der Waals surface area (Å²) in [7, 11) is 0. The van der Waals surface area contributed by atoms with E-state index in [0.29, 0.717) is 28.1 Å². The standard InChI is InChI=1S/C24H27ClFN3O2S/c1-14(2)9-15-5-7-16(8-6-15)22-28-29-23(32-22)18-10-20(26)21(11-19(18)25)30-12-17-13-31-24(3,4)27-17/h5-8,10-11,14,17,27H,9,12-13H2,1-4H3. The van der Waals surface area contributed by atoms with Gasteiger partial charge in [-0.2, -0.15) is 0 Å². The zero-order chi connectivity index (χ0) is 22.9. The second-order valence-electron chi connectivity index (χ2n) is 8.94. The van der Waals surface area contributed by atoms with Crippen molar-refractivity contribution >= 4 is 22.9 Å². The van der Waals surface area contributed by atoms with Crippen molar-refractivity contribution in [1.82, 2.24) is 15.5 Å². The van der Waals surface area contributed by atoms with Gasteiger partial charge in [-0.1, -0.05) is 61.1 Å². The number of halogens is 2. The molecule has 170 valence electrons. The maximum atomic E-state index is 14.7. The van der Waals surface area contributed by atoms with E-state index in [1.54, 1.807) is 0 Å². The summed E-state index contributed by atoms with van der Waals surface area (Å²) in [6.07, 6.45) is 1.03. The van der Waals surface area contributed by atoms with Crippen molar-refractivity contribution in [3.05, 3.63) is 52.8 Å². The van der Waals surface area contributed by atoms with Crippen LogP contribution in [0.25, 0.3) is 21.1 Å². The average molecular weight is 476 g/mol. The molecular weight excluding hydrogens is 449 g/mol. The first-order chi connectivity index (χ1) is 15.2. The second kappa shape index (κ2) is 9.43. The van der Waals surface area contributed by atoms with Gasteiger partial charge in [0.1, 0.15) is 22.3 Å². The van der Waals surface area contributed by atoms with Gasteiger partial charge < -0.3 is 9.47 Å². The highest BCUT2D eigenvalue weighted by molar-refractivity contribution is 7.18. The molecule has 1 unspecified atom stereocenters. The van der Waals surface area contributed by atoms with Gasteiger partial charge in [0.15, 0.2) is 11.6 Å². The molecule has 32 heavy (non-hydrogen) atoms. The van der Waals surface area contributed by atoms with Crippen LogP contribution in [-0.4, -0.2) is 35.2 Å². The fourth-order valence-corrected chi connectivity index (χ4v) is 4.85. The molecule has 0 aliphatic carbocycles. The van der Waals surface area contributed by atoms with E-state index in [1.165, 1.54) is 29.0 Å². The molecular formula is C24H27ClFN3O2S. The normalized spacial score (nSPS) is 17.8. The molecule has 1 aromatic heterocycles. The highest BCUT2D eigenvalue weighted by Gasteiger charge is 2.31. The third-order valence-corrected chi connectivity index (χ3v) is 6.48. The summed E-state index contributed by atoms with van der Waals surface area (Å²) in [4.78, 5) is 0. The molecule has 1 N–H and O–H groups in total. The molecule has 2 aromatic carbocycles. The van der Waals surface area contributed by atoms with Crippen LogP contribution < -0.4 is 10.1 Å². The molecule has 0 amide bonds. The Morgan fingerprint density at radius 3 is 2.59 bits per heavy atom. The molecule has 8 heteroatoms. The zero-order valence-corrected chi connectivity index (χ0v) is 20.2. The highest BCUT2D eigenvalue weighted by Crippen LogP contribution is 2.37. The number of hydrogen-bond donors (Lipinski definition) is 1. The lowest BCUT2D eigenvalue weighted by molar-refractivity contribution is 0.0230. The van der Waals surface area contributed by atoms with E-state index in [-0.39, 0.29) is 18.4 Å². The average Bonchev–Trinajstić information content (AvgIpc) is 3.35. The van der Waals surface area contributed by atoms with E-state index in [4.69, 9.17) is 21.1 Å². The predicted molar refractivity (Wildman–Crippen MR) is 127 cm³/mol. The minimum absolute atomic E-state index is 0.0134. The first-order valence-corrected chi connectivity index (χ1v) is 11.9. The summed E-state index contributed by atoms with van der Waals surface area (Å²) < 4.78 is 26.0. The van der Waals surface area contributed by atoms with E-state index in [0.717, 1.165) is 17.0 Å². The Labute approximate surface area is 196 Å². The van der Waals surface area contributed by atoms with Crippen molar-refractivity contribution in [3.8, 4) is 26.9 Å². The molecule has 1 atom stereocenters. The Kier molecular flexibility index (Phi) is 6.81. The smallest absolute Gasteiger partial charge is 0.165 e. The van der Waals surface area contributed by atoms with Gasteiger partial charge in [0.05, 0.1) is 17.7 Å². The van der Waals surface area contributed by atoms with E-state index in [1.807, 2.05) is 26.0 Å². The number of rotatable bonds is 7. The Morgan fingerprint density at radius 2 is 1.94 bits per heavy atom. The molecule has 1 saturated heterocycles. The number of nitrogens with one attached hydrogen (secondary N) is 1. The molecule has 5 nitrogen and oxygen atoms in total. The first kappa shape index (κ1) is 23.1. The second-order valence-corrected chi connectivity index (χ2v) is 10.3. The highest BCUT2D eigenvalue weighted by atomic mass is 35.5. The molecule has 0 saturated carbocycles. The van der Waals surface area contributed by atoms with E-state index in [2.05, 4.69) is 41.5 Å². The van der Waals surface area contributed by atoms with Crippen LogP contribution >= 0.6 is 22.9 Å². The van der Waals surface area contributed by atoms with Gasteiger partial charge in [-0.25, -0.2) is 4.39 Å². The molecule has 1 aliphatic heterocycles. The summed E-state index contributed by atoms with van der Waals surface area (Å²) in [5.74, 6) is 0.223. The van der Waals surface area contributed by atoms with Crippen LogP contribution in [0.3, 0.4) is 0 Å². The van der Waals surface area contributed by atoms with Crippen molar-refractivity contribution in [2.45, 2.75) is 45.9 Å². The van der Waals surface area contributed by atoms with Crippen molar-refractivity contribution in [2.75, 3.05) is 13.2 Å². The lowest BCUT2D eigenvalue weighted by Gasteiger charge is -2.18. The molecule has 2 heterocycles. The van der Waals surface area contributed by atoms with Crippen molar-refractivity contribution in [2.24, 2.45) is 5.92 Å². The van der Waals surface area contributed by atoms with Gasteiger partial charge in [-0.15, -0.1) is 10.2 Å². The zero-order valence-electron chi connectivity index (χ0n) is 18.6. The van der Waals surface area contributed by atoms with E-state index >= 15 is 0 Å². The van der Waals surface area contributed by atoms with Gasteiger partial charge in [0.2, 0.25) is 0 Å². The van der Waals surface area contributed by atoms with Crippen LogP contribution in [0, 0.1) is 11.7 Å². The van der Waals surface area contributed by atoms with E-state index < -0.39 is 11.5 Å². The van der Waals surface area contributed by atoms with Gasteiger partial charge in [0, 0.05) is 17.2 Å². The van der Waals surface area contributed by atoms with Crippen LogP contribution in [0.1, 0.15) is 33.3 Å². The molecule has 1 aliphatic rings. The fourth-order valence-electron chi connectivity index (χ4n) is 3.67. The number of hydrogen-bond acceptors (Lipinski definition) is 6. The lowest BCUT2D eigenvalue weighted by atomic mass is 10.0. The Balaban J connectivity index is 1.47. The van der Waals surface area contributed by atoms with Crippen LogP contribution in [0.5, 0.6) is 5.75 Å². The lowest BCUT2D eigenvalue weighted by Crippen LogP contribution is -2.41. The summed E-state index contributed by atoms with van der Waals surface area (Å²) in [5.41, 5.74) is 2.36. The molecule has 0 spiro atoms. The summed E-state index contributed by atoms with van der Waals surface area (Å²) >= 11 is 7.83. The predicted octanol–water partition coefficient (Wildman–Crippen LogP) is 5.97. The van der Waals surface area contributed by atoms with E-state index in [9.17, 15) is 4.39 Å². The first-order valence-electron chi connectivity index (χ1n) is 10.7. The van der Waals surface area contributed by atoms with Gasteiger partial charge in [-0.05, 0) is 37.8 Å². The number of aromatic nitrogens is 2.